The second-order valence-corrected chi connectivity index (χ2v) is 10.3. The summed E-state index contributed by atoms with van der Waals surface area (Å²) in [6, 6.07) is 12.9. The molecular formula is C25H27Cl2N5O2S. The van der Waals surface area contributed by atoms with Gasteiger partial charge in [0.15, 0.2) is 11.0 Å². The van der Waals surface area contributed by atoms with Crippen molar-refractivity contribution in [2.45, 2.75) is 30.5 Å². The summed E-state index contributed by atoms with van der Waals surface area (Å²) in [4.78, 5) is 19.3. The van der Waals surface area contributed by atoms with Crippen LogP contribution in [0.4, 0.5) is 0 Å². The summed E-state index contributed by atoms with van der Waals surface area (Å²) in [5, 5.41) is 11.0. The maximum Gasteiger partial charge on any atom is 0.305 e. The summed E-state index contributed by atoms with van der Waals surface area (Å²) in [6.45, 7) is 0.988. The molecule has 35 heavy (non-hydrogen) atoms. The number of aliphatic imine (C=N–C) groups is 1. The molecule has 3 aromatic rings. The molecule has 0 N–H and O–H groups in total. The fraction of sp³-hybridized carbons (Fsp3) is 0.360. The third-order valence-corrected chi connectivity index (χ3v) is 7.24. The van der Waals surface area contributed by atoms with E-state index in [-0.39, 0.29) is 12.4 Å². The summed E-state index contributed by atoms with van der Waals surface area (Å²) >= 11 is 14.7. The molecule has 0 saturated carbocycles. The molecule has 0 spiro atoms. The summed E-state index contributed by atoms with van der Waals surface area (Å²) in [7, 11) is 5.51. The first-order valence-corrected chi connectivity index (χ1v) is 13.1. The minimum Gasteiger partial charge on any atom is -0.469 e. The number of halogens is 2. The van der Waals surface area contributed by atoms with E-state index in [2.05, 4.69) is 29.2 Å². The van der Waals surface area contributed by atoms with E-state index in [1.165, 1.54) is 7.11 Å². The van der Waals surface area contributed by atoms with Gasteiger partial charge in [-0.25, -0.2) is 0 Å². The number of thioether (sulfide) groups is 1. The molecule has 2 heterocycles. The minimum absolute atomic E-state index is 0.204. The van der Waals surface area contributed by atoms with Crippen LogP contribution >= 0.6 is 35.0 Å². The van der Waals surface area contributed by atoms with Crippen molar-refractivity contribution in [3.63, 3.8) is 0 Å². The Kier molecular flexibility index (Phi) is 8.49. The number of hydrogen-bond donors (Lipinski definition) is 0. The average molecular weight is 532 g/mol. The van der Waals surface area contributed by atoms with Crippen LogP contribution in [0.1, 0.15) is 42.3 Å². The molecule has 0 bridgehead atoms. The predicted octanol–water partition coefficient (Wildman–Crippen LogP) is 5.46. The monoisotopic (exact) mass is 531 g/mol. The molecule has 0 amide bonds. The van der Waals surface area contributed by atoms with Crippen LogP contribution in [0.2, 0.25) is 10.0 Å². The van der Waals surface area contributed by atoms with Crippen molar-refractivity contribution in [2.75, 3.05) is 33.5 Å². The van der Waals surface area contributed by atoms with Crippen LogP contribution in [0.25, 0.3) is 5.69 Å². The van der Waals surface area contributed by atoms with Crippen molar-refractivity contribution in [3.8, 4) is 5.69 Å². The van der Waals surface area contributed by atoms with Gasteiger partial charge in [0.25, 0.3) is 0 Å². The van der Waals surface area contributed by atoms with Crippen LogP contribution in [-0.4, -0.2) is 64.8 Å². The van der Waals surface area contributed by atoms with Crippen molar-refractivity contribution in [1.82, 2.24) is 19.7 Å². The topological polar surface area (TPSA) is 72.6 Å². The van der Waals surface area contributed by atoms with Gasteiger partial charge in [0.1, 0.15) is 6.04 Å². The van der Waals surface area contributed by atoms with E-state index in [1.54, 1.807) is 11.8 Å². The minimum atomic E-state index is -0.421. The summed E-state index contributed by atoms with van der Waals surface area (Å²) in [5.74, 6) is 1.27. The zero-order chi connectivity index (χ0) is 24.9. The van der Waals surface area contributed by atoms with Crippen LogP contribution < -0.4 is 0 Å². The molecule has 2 aromatic carbocycles. The van der Waals surface area contributed by atoms with Crippen LogP contribution in [-0.2, 0) is 9.53 Å². The number of nitrogens with zero attached hydrogens (tertiary/aromatic N) is 5. The SMILES string of the molecule is COC(=O)CC[C@@H]1N=C(c2ccccc2Cl)c2cc(Cl)ccc2-n2c(SCCCN(C)C)nnc21. The molecule has 0 unspecified atom stereocenters. The van der Waals surface area contributed by atoms with Crippen molar-refractivity contribution >= 4 is 46.6 Å². The number of rotatable bonds is 9. The van der Waals surface area contributed by atoms with Gasteiger partial charge in [-0.1, -0.05) is 53.2 Å². The fourth-order valence-corrected chi connectivity index (χ4v) is 5.23. The normalized spacial score (nSPS) is 14.8. The predicted molar refractivity (Wildman–Crippen MR) is 141 cm³/mol. The second-order valence-electron chi connectivity index (χ2n) is 8.43. The zero-order valence-electron chi connectivity index (χ0n) is 19.9. The lowest BCUT2D eigenvalue weighted by molar-refractivity contribution is -0.140. The maximum absolute atomic E-state index is 12.0. The summed E-state index contributed by atoms with van der Waals surface area (Å²) < 4.78 is 6.92. The molecule has 1 aliphatic rings. The van der Waals surface area contributed by atoms with E-state index in [9.17, 15) is 4.79 Å². The number of ether oxygens (including phenoxy) is 1. The van der Waals surface area contributed by atoms with Crippen LogP contribution in [0, 0.1) is 0 Å². The van der Waals surface area contributed by atoms with Gasteiger partial charge in [0.05, 0.1) is 18.5 Å². The van der Waals surface area contributed by atoms with Crippen LogP contribution in [0.3, 0.4) is 0 Å². The van der Waals surface area contributed by atoms with E-state index in [1.807, 2.05) is 47.0 Å². The van der Waals surface area contributed by atoms with Crippen molar-refractivity contribution in [3.05, 3.63) is 69.5 Å². The highest BCUT2D eigenvalue weighted by Gasteiger charge is 2.30. The van der Waals surface area contributed by atoms with Crippen molar-refractivity contribution in [2.24, 2.45) is 4.99 Å². The highest BCUT2D eigenvalue weighted by molar-refractivity contribution is 7.99. The summed E-state index contributed by atoms with van der Waals surface area (Å²) in [5.41, 5.74) is 3.21. The van der Waals surface area contributed by atoms with E-state index in [0.717, 1.165) is 40.7 Å². The number of carbonyl (C=O) groups is 1. The molecule has 10 heteroatoms. The fourth-order valence-electron chi connectivity index (χ4n) is 3.96. The average Bonchev–Trinajstić information content (AvgIpc) is 3.20. The zero-order valence-corrected chi connectivity index (χ0v) is 22.2. The van der Waals surface area contributed by atoms with Gasteiger partial charge in [-0.2, -0.15) is 0 Å². The first kappa shape index (κ1) is 25.7. The Labute approximate surface area is 219 Å². The Morgan fingerprint density at radius 3 is 2.69 bits per heavy atom. The number of hydrogen-bond acceptors (Lipinski definition) is 7. The molecule has 1 aliphatic heterocycles. The van der Waals surface area contributed by atoms with Gasteiger partial charge in [0.2, 0.25) is 0 Å². The second kappa shape index (κ2) is 11.6. The van der Waals surface area contributed by atoms with E-state index < -0.39 is 6.04 Å². The van der Waals surface area contributed by atoms with Gasteiger partial charge in [-0.05, 0) is 57.7 Å². The molecule has 1 aromatic heterocycles. The van der Waals surface area contributed by atoms with Crippen LogP contribution in [0.5, 0.6) is 0 Å². The Morgan fingerprint density at radius 2 is 1.94 bits per heavy atom. The first-order valence-electron chi connectivity index (χ1n) is 11.3. The number of carbonyl (C=O) groups excluding carboxylic acids is 1. The molecular weight excluding hydrogens is 505 g/mol. The smallest absolute Gasteiger partial charge is 0.305 e. The largest absolute Gasteiger partial charge is 0.469 e. The molecule has 1 atom stereocenters. The Hall–Kier alpha value is -2.39. The Bertz CT molecular complexity index is 1240. The third-order valence-electron chi connectivity index (χ3n) is 5.66. The number of methoxy groups -OCH3 is 1. The first-order chi connectivity index (χ1) is 16.9. The molecule has 0 saturated heterocycles. The standard InChI is InChI=1S/C25H27Cl2N5O2S/c1-31(2)13-6-14-35-25-30-29-24-20(10-12-22(33)34-3)28-23(17-7-4-5-8-19(17)27)18-15-16(26)9-11-21(18)32(24)25/h4-5,7-9,11,15,20H,6,10,12-14H2,1-3H3/t20-/m0/s1. The molecule has 7 nitrogen and oxygen atoms in total. The Morgan fingerprint density at radius 1 is 1.14 bits per heavy atom. The molecule has 184 valence electrons. The molecule has 0 aliphatic carbocycles. The van der Waals surface area contributed by atoms with Gasteiger partial charge in [-0.15, -0.1) is 10.2 Å². The van der Waals surface area contributed by atoms with Gasteiger partial charge in [-0.3, -0.25) is 14.4 Å². The maximum atomic E-state index is 12.0. The number of aromatic nitrogens is 3. The highest BCUT2D eigenvalue weighted by Crippen LogP contribution is 2.37. The lowest BCUT2D eigenvalue weighted by Gasteiger charge is -2.14. The third kappa shape index (κ3) is 5.89. The highest BCUT2D eigenvalue weighted by atomic mass is 35.5. The van der Waals surface area contributed by atoms with E-state index in [0.29, 0.717) is 28.0 Å². The van der Waals surface area contributed by atoms with Crippen molar-refractivity contribution in [1.29, 1.82) is 0 Å². The lowest BCUT2D eigenvalue weighted by Crippen LogP contribution is -2.13. The van der Waals surface area contributed by atoms with Gasteiger partial charge < -0.3 is 9.64 Å². The Balaban J connectivity index is 1.84. The number of fused-ring (bicyclic) bond motifs is 3. The van der Waals surface area contributed by atoms with Gasteiger partial charge in [0, 0.05) is 33.3 Å². The molecule has 0 radical (unpaired) electrons. The molecule has 0 fully saturated rings. The quantitative estimate of drug-likeness (QED) is 0.207. The van der Waals surface area contributed by atoms with Gasteiger partial charge >= 0.3 is 5.97 Å². The van der Waals surface area contributed by atoms with E-state index in [4.69, 9.17) is 32.9 Å². The lowest BCUT2D eigenvalue weighted by atomic mass is 10.00. The van der Waals surface area contributed by atoms with Crippen molar-refractivity contribution < 1.29 is 9.53 Å². The number of esters is 1. The summed E-state index contributed by atoms with van der Waals surface area (Å²) in [6.07, 6.45) is 1.64. The van der Waals surface area contributed by atoms with E-state index >= 15 is 0 Å². The number of benzene rings is 2. The molecule has 4 rings (SSSR count). The van der Waals surface area contributed by atoms with Crippen LogP contribution in [0.15, 0.2) is 52.6 Å².